The van der Waals surface area contributed by atoms with E-state index in [0.717, 1.165) is 11.4 Å². The van der Waals surface area contributed by atoms with Gasteiger partial charge in [-0.1, -0.05) is 18.2 Å². The van der Waals surface area contributed by atoms with E-state index in [0.29, 0.717) is 58.7 Å². The fourth-order valence-electron chi connectivity index (χ4n) is 5.56. The number of piperazine rings is 1. The summed E-state index contributed by atoms with van der Waals surface area (Å²) in [4.78, 5) is 56.8. The minimum atomic E-state index is -0.411. The molecule has 3 aliphatic heterocycles. The van der Waals surface area contributed by atoms with E-state index in [1.165, 1.54) is 12.1 Å². The highest BCUT2D eigenvalue weighted by molar-refractivity contribution is 6.00. The maximum atomic E-state index is 13.2. The lowest BCUT2D eigenvalue weighted by Crippen LogP contribution is -2.52. The zero-order valence-corrected chi connectivity index (χ0v) is 20.7. The first-order valence-electron chi connectivity index (χ1n) is 12.8. The molecule has 3 saturated heterocycles. The van der Waals surface area contributed by atoms with Gasteiger partial charge in [0.25, 0.3) is 5.69 Å². The number of hydrogen-bond donors (Lipinski definition) is 0. The van der Waals surface area contributed by atoms with Crippen LogP contribution in [0.2, 0.25) is 0 Å². The lowest BCUT2D eigenvalue weighted by molar-refractivity contribution is -0.384. The number of nitro groups is 1. The number of anilines is 2. The summed E-state index contributed by atoms with van der Waals surface area (Å²) in [5, 5.41) is 10.9. The standard InChI is InChI=1S/C27H31N5O5/c33-25-18-21(19-31(25)23-4-2-1-3-5-23)27(35)29-12-10-20(11-13-29)26(34)30-16-14-28(15-17-30)22-6-8-24(9-7-22)32(36)37/h1-9,20-21H,10-19H2. The largest absolute Gasteiger partial charge is 0.368 e. The van der Waals surface area contributed by atoms with Crippen LogP contribution < -0.4 is 9.80 Å². The van der Waals surface area contributed by atoms with Crippen LogP contribution in [0, 0.1) is 22.0 Å². The minimum Gasteiger partial charge on any atom is -0.368 e. The lowest BCUT2D eigenvalue weighted by atomic mass is 9.93. The maximum absolute atomic E-state index is 13.2. The number of non-ortho nitro benzene ring substituents is 1. The summed E-state index contributed by atoms with van der Waals surface area (Å²) in [6, 6.07) is 15.9. The van der Waals surface area contributed by atoms with Crippen molar-refractivity contribution in [2.24, 2.45) is 11.8 Å². The van der Waals surface area contributed by atoms with E-state index in [9.17, 15) is 24.5 Å². The van der Waals surface area contributed by atoms with Crippen molar-refractivity contribution in [1.29, 1.82) is 0 Å². The molecule has 0 radical (unpaired) electrons. The van der Waals surface area contributed by atoms with Crippen LogP contribution in [0.25, 0.3) is 0 Å². The number of rotatable bonds is 5. The Morgan fingerprint density at radius 3 is 1.97 bits per heavy atom. The molecular weight excluding hydrogens is 474 g/mol. The summed E-state index contributed by atoms with van der Waals surface area (Å²) in [6.07, 6.45) is 1.50. The van der Waals surface area contributed by atoms with E-state index in [1.54, 1.807) is 17.0 Å². The first-order valence-corrected chi connectivity index (χ1v) is 12.8. The van der Waals surface area contributed by atoms with Crippen LogP contribution in [0.1, 0.15) is 19.3 Å². The van der Waals surface area contributed by atoms with Crippen molar-refractivity contribution in [3.05, 3.63) is 64.7 Å². The summed E-state index contributed by atoms with van der Waals surface area (Å²) in [5.74, 6) is -0.313. The molecule has 3 heterocycles. The van der Waals surface area contributed by atoms with Gasteiger partial charge in [-0.25, -0.2) is 0 Å². The fourth-order valence-corrected chi connectivity index (χ4v) is 5.56. The normalized spacial score (nSPS) is 20.9. The highest BCUT2D eigenvalue weighted by Crippen LogP contribution is 2.29. The van der Waals surface area contributed by atoms with E-state index < -0.39 is 4.92 Å². The Morgan fingerprint density at radius 2 is 1.35 bits per heavy atom. The second-order valence-electron chi connectivity index (χ2n) is 9.93. The molecule has 2 aromatic carbocycles. The van der Waals surface area contributed by atoms with E-state index in [-0.39, 0.29) is 41.7 Å². The molecule has 2 aromatic rings. The van der Waals surface area contributed by atoms with Crippen molar-refractivity contribution >= 4 is 34.8 Å². The molecule has 3 amide bonds. The van der Waals surface area contributed by atoms with Crippen LogP contribution in [-0.4, -0.2) is 78.3 Å². The first-order chi connectivity index (χ1) is 17.9. The molecule has 3 aliphatic rings. The Bertz CT molecular complexity index is 1160. The van der Waals surface area contributed by atoms with Gasteiger partial charge in [0, 0.05) is 81.7 Å². The quantitative estimate of drug-likeness (QED) is 0.457. The molecule has 194 valence electrons. The third-order valence-corrected chi connectivity index (χ3v) is 7.72. The van der Waals surface area contributed by atoms with Gasteiger partial charge in [0.15, 0.2) is 0 Å². The minimum absolute atomic E-state index is 0.00870. The van der Waals surface area contributed by atoms with Crippen molar-refractivity contribution in [2.45, 2.75) is 19.3 Å². The van der Waals surface area contributed by atoms with E-state index in [1.807, 2.05) is 40.1 Å². The number of amides is 3. The molecule has 10 heteroatoms. The van der Waals surface area contributed by atoms with Gasteiger partial charge in [-0.2, -0.15) is 0 Å². The van der Waals surface area contributed by atoms with Crippen LogP contribution in [0.4, 0.5) is 17.1 Å². The zero-order chi connectivity index (χ0) is 25.9. The van der Waals surface area contributed by atoms with Crippen molar-refractivity contribution < 1.29 is 19.3 Å². The number of hydrogen-bond acceptors (Lipinski definition) is 6. The summed E-state index contributed by atoms with van der Waals surface area (Å²) in [7, 11) is 0. The van der Waals surface area contributed by atoms with Gasteiger partial charge < -0.3 is 19.6 Å². The second kappa shape index (κ2) is 10.6. The van der Waals surface area contributed by atoms with Crippen molar-refractivity contribution in [2.75, 3.05) is 55.6 Å². The number of nitrogens with zero attached hydrogens (tertiary/aromatic N) is 5. The molecule has 5 rings (SSSR count). The predicted octanol–water partition coefficient (Wildman–Crippen LogP) is 2.54. The monoisotopic (exact) mass is 505 g/mol. The number of piperidine rings is 1. The van der Waals surface area contributed by atoms with E-state index >= 15 is 0 Å². The van der Waals surface area contributed by atoms with Gasteiger partial charge in [0.2, 0.25) is 17.7 Å². The summed E-state index contributed by atoms with van der Waals surface area (Å²) >= 11 is 0. The SMILES string of the molecule is O=C(C1CCN(C(=O)C2CC(=O)N(c3ccccc3)C2)CC1)N1CCN(c2ccc([N+](=O)[O-])cc2)CC1. The number of carbonyl (C=O) groups is 3. The molecule has 10 nitrogen and oxygen atoms in total. The van der Waals surface area contributed by atoms with Crippen LogP contribution >= 0.6 is 0 Å². The van der Waals surface area contributed by atoms with Gasteiger partial charge in [-0.3, -0.25) is 24.5 Å². The molecular formula is C27H31N5O5. The molecule has 0 N–H and O–H groups in total. The Morgan fingerprint density at radius 1 is 0.757 bits per heavy atom. The topological polar surface area (TPSA) is 107 Å². The Kier molecular flexibility index (Phi) is 7.07. The van der Waals surface area contributed by atoms with Gasteiger partial charge in [-0.05, 0) is 37.1 Å². The molecule has 0 saturated carbocycles. The predicted molar refractivity (Wildman–Crippen MR) is 138 cm³/mol. The average Bonchev–Trinajstić information content (AvgIpc) is 3.34. The van der Waals surface area contributed by atoms with Gasteiger partial charge in [-0.15, -0.1) is 0 Å². The number of carbonyl (C=O) groups excluding carboxylic acids is 3. The Balaban J connectivity index is 1.09. The summed E-state index contributed by atoms with van der Waals surface area (Å²) in [6.45, 7) is 4.04. The Labute approximate surface area is 215 Å². The number of likely N-dealkylation sites (tertiary alicyclic amines) is 1. The van der Waals surface area contributed by atoms with Gasteiger partial charge in [0.1, 0.15) is 0 Å². The molecule has 3 fully saturated rings. The van der Waals surface area contributed by atoms with Crippen LogP contribution in [0.5, 0.6) is 0 Å². The van der Waals surface area contributed by atoms with Crippen molar-refractivity contribution in [1.82, 2.24) is 9.80 Å². The van der Waals surface area contributed by atoms with Gasteiger partial charge >= 0.3 is 0 Å². The van der Waals surface area contributed by atoms with Crippen molar-refractivity contribution in [3.63, 3.8) is 0 Å². The van der Waals surface area contributed by atoms with Crippen LogP contribution in [0.15, 0.2) is 54.6 Å². The zero-order valence-electron chi connectivity index (χ0n) is 20.7. The second-order valence-corrected chi connectivity index (χ2v) is 9.93. The number of benzene rings is 2. The van der Waals surface area contributed by atoms with Gasteiger partial charge in [0.05, 0.1) is 10.8 Å². The molecule has 37 heavy (non-hydrogen) atoms. The summed E-state index contributed by atoms with van der Waals surface area (Å²) in [5.41, 5.74) is 1.80. The first kappa shape index (κ1) is 24.7. The van der Waals surface area contributed by atoms with Crippen LogP contribution in [0.3, 0.4) is 0 Å². The van der Waals surface area contributed by atoms with Crippen molar-refractivity contribution in [3.8, 4) is 0 Å². The smallest absolute Gasteiger partial charge is 0.269 e. The molecule has 0 bridgehead atoms. The summed E-state index contributed by atoms with van der Waals surface area (Å²) < 4.78 is 0. The number of para-hydroxylation sites is 1. The molecule has 0 aliphatic carbocycles. The third-order valence-electron chi connectivity index (χ3n) is 7.72. The maximum Gasteiger partial charge on any atom is 0.269 e. The third kappa shape index (κ3) is 5.28. The Hall–Kier alpha value is -3.95. The molecule has 0 aromatic heterocycles. The molecule has 0 spiro atoms. The average molecular weight is 506 g/mol. The molecule has 1 atom stereocenters. The van der Waals surface area contributed by atoms with E-state index in [4.69, 9.17) is 0 Å². The molecule has 1 unspecified atom stereocenters. The number of nitro benzene ring substituents is 1. The van der Waals surface area contributed by atoms with Crippen LogP contribution in [-0.2, 0) is 14.4 Å². The highest BCUT2D eigenvalue weighted by Gasteiger charge is 2.39. The van der Waals surface area contributed by atoms with E-state index in [2.05, 4.69) is 4.90 Å². The fraction of sp³-hybridized carbons (Fsp3) is 0.444. The lowest BCUT2D eigenvalue weighted by Gasteiger charge is -2.39. The highest BCUT2D eigenvalue weighted by atomic mass is 16.6.